The fourth-order valence-electron chi connectivity index (χ4n) is 3.23. The molecule has 2 heterocycles. The summed E-state index contributed by atoms with van der Waals surface area (Å²) < 4.78 is 66.1. The van der Waals surface area contributed by atoms with Gasteiger partial charge in [0.15, 0.2) is 0 Å². The number of alkyl carbamates (subject to hydrolysis) is 1. The van der Waals surface area contributed by atoms with Crippen LogP contribution in [-0.2, 0) is 10.3 Å². The zero-order valence-electron chi connectivity index (χ0n) is 18.0. The Hall–Kier alpha value is -2.88. The molecular weight excluding hydrogens is 432 g/mol. The molecule has 2 aromatic rings. The van der Waals surface area contributed by atoms with Crippen molar-refractivity contribution < 1.29 is 36.9 Å². The monoisotopic (exact) mass is 456 g/mol. The van der Waals surface area contributed by atoms with E-state index in [-0.39, 0.29) is 24.0 Å². The molecule has 174 valence electrons. The minimum Gasteiger partial charge on any atom is -0.490 e. The van der Waals surface area contributed by atoms with Gasteiger partial charge in [-0.05, 0) is 51.1 Å². The first kappa shape index (κ1) is 23.8. The Labute approximate surface area is 182 Å². The predicted octanol–water partition coefficient (Wildman–Crippen LogP) is 4.66. The van der Waals surface area contributed by atoms with Crippen LogP contribution in [0.1, 0.15) is 44.9 Å². The molecule has 0 spiro atoms. The van der Waals surface area contributed by atoms with Crippen molar-refractivity contribution in [2.24, 2.45) is 0 Å². The van der Waals surface area contributed by atoms with Crippen molar-refractivity contribution in [3.63, 3.8) is 0 Å². The van der Waals surface area contributed by atoms with Gasteiger partial charge in [-0.15, -0.1) is 0 Å². The Morgan fingerprint density at radius 3 is 2.44 bits per heavy atom. The number of pyridine rings is 1. The molecule has 1 unspecified atom stereocenters. The van der Waals surface area contributed by atoms with Gasteiger partial charge in [0, 0.05) is 17.0 Å². The molecule has 1 aliphatic heterocycles. The van der Waals surface area contributed by atoms with Crippen LogP contribution < -0.4 is 10.1 Å². The molecule has 2 N–H and O–H groups in total. The smallest absolute Gasteiger partial charge is 0.424 e. The minimum atomic E-state index is -5.17. The van der Waals surface area contributed by atoms with E-state index in [0.717, 1.165) is 18.2 Å². The van der Waals surface area contributed by atoms with Gasteiger partial charge in [-0.25, -0.2) is 14.2 Å². The maximum atomic E-state index is 14.1. The molecule has 0 fully saturated rings. The number of aliphatic hydroxyl groups is 1. The lowest BCUT2D eigenvalue weighted by Crippen LogP contribution is -2.52. The van der Waals surface area contributed by atoms with Gasteiger partial charge < -0.3 is 19.9 Å². The number of ether oxygens (including phenoxy) is 2. The highest BCUT2D eigenvalue weighted by Gasteiger charge is 2.57. The second-order valence-corrected chi connectivity index (χ2v) is 8.71. The maximum absolute atomic E-state index is 14.1. The number of nitrogens with zero attached hydrogens (tertiary/aromatic N) is 1. The standard InChI is InChI=1S/C22H24F4N2O4/c1-12-10-31-18-15(12)9-16(28-17(18)13-5-7-14(23)8-6-13)21(30,22(24,25)26)11-27-19(29)32-20(2,3)4/h5-9,12,30H,10-11H2,1-4H3,(H,27,29)/t12-,21?/m1/s1. The highest BCUT2D eigenvalue weighted by molar-refractivity contribution is 5.70. The quantitative estimate of drug-likeness (QED) is 0.655. The average molecular weight is 456 g/mol. The number of hydrogen-bond donors (Lipinski definition) is 2. The molecule has 32 heavy (non-hydrogen) atoms. The lowest BCUT2D eigenvalue weighted by atomic mass is 9.92. The summed E-state index contributed by atoms with van der Waals surface area (Å²) in [6, 6.07) is 6.15. The molecule has 1 aromatic heterocycles. The Morgan fingerprint density at radius 1 is 1.25 bits per heavy atom. The summed E-state index contributed by atoms with van der Waals surface area (Å²) in [7, 11) is 0. The molecule has 1 aliphatic rings. The fourth-order valence-corrected chi connectivity index (χ4v) is 3.23. The van der Waals surface area contributed by atoms with Crippen LogP contribution in [0.5, 0.6) is 5.75 Å². The number of nitrogens with one attached hydrogen (secondary N) is 1. The molecule has 10 heteroatoms. The Morgan fingerprint density at radius 2 is 1.88 bits per heavy atom. The molecule has 3 rings (SSSR count). The predicted molar refractivity (Wildman–Crippen MR) is 108 cm³/mol. The van der Waals surface area contributed by atoms with Crippen LogP contribution in [-0.4, -0.2) is 41.1 Å². The van der Waals surface area contributed by atoms with Crippen LogP contribution in [0.15, 0.2) is 30.3 Å². The summed E-state index contributed by atoms with van der Waals surface area (Å²) in [4.78, 5) is 16.0. The van der Waals surface area contributed by atoms with Crippen molar-refractivity contribution in [3.8, 4) is 17.0 Å². The van der Waals surface area contributed by atoms with Crippen molar-refractivity contribution in [1.82, 2.24) is 10.3 Å². The van der Waals surface area contributed by atoms with Crippen LogP contribution in [0.4, 0.5) is 22.4 Å². The van der Waals surface area contributed by atoms with Crippen LogP contribution in [0.3, 0.4) is 0 Å². The van der Waals surface area contributed by atoms with E-state index in [1.54, 1.807) is 27.7 Å². The van der Waals surface area contributed by atoms with Crippen LogP contribution >= 0.6 is 0 Å². The summed E-state index contributed by atoms with van der Waals surface area (Å²) >= 11 is 0. The molecule has 0 saturated carbocycles. The Bertz CT molecular complexity index is 1000. The average Bonchev–Trinajstić information content (AvgIpc) is 3.05. The number of amides is 1. The van der Waals surface area contributed by atoms with E-state index in [1.165, 1.54) is 12.1 Å². The Balaban J connectivity index is 2.07. The topological polar surface area (TPSA) is 80.7 Å². The zero-order valence-corrected chi connectivity index (χ0v) is 18.0. The third-order valence-corrected chi connectivity index (χ3v) is 4.91. The number of hydrogen-bond acceptors (Lipinski definition) is 5. The molecule has 1 amide bonds. The number of carbonyl (C=O) groups excluding carboxylic acids is 1. The van der Waals surface area contributed by atoms with Crippen molar-refractivity contribution >= 4 is 6.09 Å². The number of carbonyl (C=O) groups is 1. The third kappa shape index (κ3) is 4.79. The van der Waals surface area contributed by atoms with Gasteiger partial charge >= 0.3 is 12.3 Å². The van der Waals surface area contributed by atoms with Crippen LogP contribution in [0.2, 0.25) is 0 Å². The fraction of sp³-hybridized carbons (Fsp3) is 0.455. The van der Waals surface area contributed by atoms with Crippen molar-refractivity contribution in [2.75, 3.05) is 13.2 Å². The van der Waals surface area contributed by atoms with Crippen LogP contribution in [0.25, 0.3) is 11.3 Å². The molecule has 0 bridgehead atoms. The second-order valence-electron chi connectivity index (χ2n) is 8.71. The van der Waals surface area contributed by atoms with E-state index in [4.69, 9.17) is 9.47 Å². The molecule has 1 aromatic carbocycles. The zero-order chi connectivity index (χ0) is 23.9. The maximum Gasteiger partial charge on any atom is 0.424 e. The molecule has 0 radical (unpaired) electrons. The highest BCUT2D eigenvalue weighted by Crippen LogP contribution is 2.45. The largest absolute Gasteiger partial charge is 0.490 e. The minimum absolute atomic E-state index is 0.0433. The first-order valence-electron chi connectivity index (χ1n) is 9.91. The molecular formula is C22H24F4N2O4. The number of rotatable bonds is 4. The summed E-state index contributed by atoms with van der Waals surface area (Å²) in [5.74, 6) is -0.510. The summed E-state index contributed by atoms with van der Waals surface area (Å²) in [6.07, 6.45) is -6.29. The van der Waals surface area contributed by atoms with Gasteiger partial charge in [0.25, 0.3) is 0 Å². The second kappa shape index (κ2) is 8.23. The van der Waals surface area contributed by atoms with E-state index in [0.29, 0.717) is 11.1 Å². The van der Waals surface area contributed by atoms with Crippen molar-refractivity contribution in [1.29, 1.82) is 0 Å². The van der Waals surface area contributed by atoms with E-state index < -0.39 is 41.5 Å². The highest BCUT2D eigenvalue weighted by atomic mass is 19.4. The third-order valence-electron chi connectivity index (χ3n) is 4.91. The Kier molecular flexibility index (Phi) is 6.12. The molecule has 0 saturated heterocycles. The number of fused-ring (bicyclic) bond motifs is 1. The lowest BCUT2D eigenvalue weighted by Gasteiger charge is -2.31. The number of benzene rings is 1. The van der Waals surface area contributed by atoms with Gasteiger partial charge in [0.05, 0.1) is 18.8 Å². The number of aromatic nitrogens is 1. The lowest BCUT2D eigenvalue weighted by molar-refractivity contribution is -0.265. The number of halogens is 4. The van der Waals surface area contributed by atoms with E-state index >= 15 is 0 Å². The molecule has 2 atom stereocenters. The van der Waals surface area contributed by atoms with Gasteiger partial charge in [0.1, 0.15) is 22.9 Å². The summed E-state index contributed by atoms with van der Waals surface area (Å²) in [5, 5.41) is 12.7. The van der Waals surface area contributed by atoms with Crippen molar-refractivity contribution in [2.45, 2.75) is 51.0 Å². The van der Waals surface area contributed by atoms with Gasteiger partial charge in [-0.1, -0.05) is 6.92 Å². The van der Waals surface area contributed by atoms with Gasteiger partial charge in [-0.2, -0.15) is 13.2 Å². The normalized spacial score (nSPS) is 17.8. The summed E-state index contributed by atoms with van der Waals surface area (Å²) in [5.41, 5.74) is -4.36. The number of alkyl halides is 3. The first-order valence-corrected chi connectivity index (χ1v) is 9.91. The van der Waals surface area contributed by atoms with Crippen molar-refractivity contribution in [3.05, 3.63) is 47.4 Å². The van der Waals surface area contributed by atoms with Gasteiger partial charge in [-0.3, -0.25) is 0 Å². The first-order chi connectivity index (χ1) is 14.7. The molecule has 6 nitrogen and oxygen atoms in total. The summed E-state index contributed by atoms with van der Waals surface area (Å²) in [6.45, 7) is 5.43. The molecule has 0 aliphatic carbocycles. The van der Waals surface area contributed by atoms with E-state index in [1.807, 2.05) is 5.32 Å². The SMILES string of the molecule is C[C@@H]1COc2c1cc(C(O)(CNC(=O)OC(C)(C)C)C(F)(F)F)nc2-c1ccc(F)cc1. The van der Waals surface area contributed by atoms with E-state index in [9.17, 15) is 27.5 Å². The van der Waals surface area contributed by atoms with E-state index in [2.05, 4.69) is 4.98 Å². The van der Waals surface area contributed by atoms with Crippen LogP contribution in [0, 0.1) is 5.82 Å². The van der Waals surface area contributed by atoms with Gasteiger partial charge in [0.2, 0.25) is 5.60 Å².